The second-order valence-electron chi connectivity index (χ2n) is 5.73. The Labute approximate surface area is 98.5 Å². The maximum Gasteiger partial charge on any atom is 0.311 e. The van der Waals surface area contributed by atoms with Gasteiger partial charge in [-0.2, -0.15) is 0 Å². The van der Waals surface area contributed by atoms with Crippen LogP contribution in [0.2, 0.25) is 0 Å². The quantitative estimate of drug-likeness (QED) is 0.547. The van der Waals surface area contributed by atoms with E-state index in [1.165, 1.54) is 0 Å². The molecule has 0 saturated heterocycles. The fourth-order valence-electron chi connectivity index (χ4n) is 0.911. The maximum absolute atomic E-state index is 11.5. The van der Waals surface area contributed by atoms with Gasteiger partial charge in [0.1, 0.15) is 6.61 Å². The summed E-state index contributed by atoms with van der Waals surface area (Å²) in [4.78, 5) is 11.5. The highest BCUT2D eigenvalue weighted by Gasteiger charge is 2.25. The van der Waals surface area contributed by atoms with Crippen LogP contribution in [0.15, 0.2) is 0 Å². The van der Waals surface area contributed by atoms with Gasteiger partial charge in [-0.25, -0.2) is 0 Å². The minimum atomic E-state index is -0.513. The molecule has 0 N–H and O–H groups in total. The Kier molecular flexibility index (Phi) is 5.02. The summed E-state index contributed by atoms with van der Waals surface area (Å²) in [6.07, 6.45) is 4.81. The van der Waals surface area contributed by atoms with Crippen LogP contribution in [0.25, 0.3) is 0 Å². The van der Waals surface area contributed by atoms with Crippen molar-refractivity contribution in [1.29, 1.82) is 0 Å². The Morgan fingerprint density at radius 1 is 1.25 bits per heavy atom. The maximum atomic E-state index is 11.5. The second-order valence-corrected chi connectivity index (χ2v) is 5.73. The molecule has 0 aliphatic rings. The number of esters is 1. The van der Waals surface area contributed by atoms with Crippen LogP contribution in [0, 0.1) is 17.8 Å². The number of carbonyl (C=O) groups is 1. The third kappa shape index (κ3) is 6.47. The number of carbonyl (C=O) groups excluding carboxylic acids is 1. The van der Waals surface area contributed by atoms with Gasteiger partial charge in [-0.1, -0.05) is 5.92 Å². The first-order valence-electron chi connectivity index (χ1n) is 5.37. The van der Waals surface area contributed by atoms with Crippen molar-refractivity contribution in [1.82, 2.24) is 0 Å². The molecule has 0 aliphatic heterocycles. The van der Waals surface area contributed by atoms with Gasteiger partial charge in [-0.3, -0.25) is 4.79 Å². The van der Waals surface area contributed by atoms with E-state index in [0.717, 1.165) is 0 Å². The van der Waals surface area contributed by atoms with E-state index in [0.29, 0.717) is 0 Å². The minimum Gasteiger partial charge on any atom is -0.461 e. The average Bonchev–Trinajstić information content (AvgIpc) is 2.08. The lowest BCUT2D eigenvalue weighted by atomic mass is 9.97. The van der Waals surface area contributed by atoms with E-state index in [9.17, 15) is 4.79 Å². The van der Waals surface area contributed by atoms with Gasteiger partial charge < -0.3 is 9.47 Å². The Bertz CT molecular complexity index is 273. The first-order chi connectivity index (χ1) is 7.06. The predicted octanol–water partition coefficient (Wildman–Crippen LogP) is 2.39. The number of ether oxygens (including phenoxy) is 2. The van der Waals surface area contributed by atoms with Crippen LogP contribution < -0.4 is 0 Å². The van der Waals surface area contributed by atoms with Gasteiger partial charge in [0.25, 0.3) is 0 Å². The predicted molar refractivity (Wildman–Crippen MR) is 63.9 cm³/mol. The molecular weight excluding hydrogens is 204 g/mol. The second kappa shape index (κ2) is 5.36. The molecule has 1 atom stereocenters. The van der Waals surface area contributed by atoms with Crippen LogP contribution in [-0.4, -0.2) is 24.3 Å². The van der Waals surface area contributed by atoms with Gasteiger partial charge >= 0.3 is 5.97 Å². The summed E-state index contributed by atoms with van der Waals surface area (Å²) in [5.74, 6) is 2.19. The number of rotatable bonds is 3. The summed E-state index contributed by atoms with van der Waals surface area (Å²) < 4.78 is 10.6. The lowest BCUT2D eigenvalue weighted by Gasteiger charge is -2.25. The molecule has 0 aliphatic carbocycles. The molecule has 3 heteroatoms. The van der Waals surface area contributed by atoms with Gasteiger partial charge in [-0.15, -0.1) is 6.42 Å². The highest BCUT2D eigenvalue weighted by Crippen LogP contribution is 2.16. The van der Waals surface area contributed by atoms with Crippen LogP contribution in [0.1, 0.15) is 41.5 Å². The monoisotopic (exact) mass is 226 g/mol. The Morgan fingerprint density at radius 3 is 2.06 bits per heavy atom. The van der Waals surface area contributed by atoms with Crippen molar-refractivity contribution >= 4 is 5.97 Å². The van der Waals surface area contributed by atoms with E-state index >= 15 is 0 Å². The zero-order valence-electron chi connectivity index (χ0n) is 11.1. The van der Waals surface area contributed by atoms with Crippen LogP contribution in [0.3, 0.4) is 0 Å². The Balaban J connectivity index is 4.19. The zero-order chi connectivity index (χ0) is 13.0. The number of hydrogen-bond acceptors (Lipinski definition) is 3. The Morgan fingerprint density at radius 2 is 1.75 bits per heavy atom. The molecule has 0 radical (unpaired) electrons. The van der Waals surface area contributed by atoms with E-state index < -0.39 is 11.5 Å². The molecule has 0 rings (SSSR count). The van der Waals surface area contributed by atoms with E-state index in [-0.39, 0.29) is 18.2 Å². The van der Waals surface area contributed by atoms with Crippen LogP contribution in [-0.2, 0) is 14.3 Å². The summed E-state index contributed by atoms with van der Waals surface area (Å²) >= 11 is 0. The van der Waals surface area contributed by atoms with E-state index in [1.54, 1.807) is 20.8 Å². The third-order valence-corrected chi connectivity index (χ3v) is 1.66. The highest BCUT2D eigenvalue weighted by atomic mass is 16.6. The van der Waals surface area contributed by atoms with Gasteiger partial charge in [0, 0.05) is 0 Å². The Hall–Kier alpha value is -1.01. The molecule has 0 unspecified atom stereocenters. The standard InChI is InChI=1S/C13H22O3/c1-8-10(16-13(5,6)7)9-15-11(14)12(2,3)4/h1,10H,9H2,2-7H3/t10-/m0/s1. The third-order valence-electron chi connectivity index (χ3n) is 1.66. The van der Waals surface area contributed by atoms with Crippen molar-refractivity contribution in [2.24, 2.45) is 5.41 Å². The first-order valence-corrected chi connectivity index (χ1v) is 5.37. The fourth-order valence-corrected chi connectivity index (χ4v) is 0.911. The summed E-state index contributed by atoms with van der Waals surface area (Å²) in [5, 5.41) is 0. The van der Waals surface area contributed by atoms with Crippen molar-refractivity contribution in [3.8, 4) is 12.3 Å². The van der Waals surface area contributed by atoms with Crippen LogP contribution in [0.5, 0.6) is 0 Å². The van der Waals surface area contributed by atoms with Gasteiger partial charge in [0.15, 0.2) is 6.10 Å². The van der Waals surface area contributed by atoms with Gasteiger partial charge in [0.2, 0.25) is 0 Å². The van der Waals surface area contributed by atoms with Gasteiger partial charge in [-0.05, 0) is 41.5 Å². The van der Waals surface area contributed by atoms with Crippen molar-refractivity contribution < 1.29 is 14.3 Å². The van der Waals surface area contributed by atoms with Crippen LogP contribution in [0.4, 0.5) is 0 Å². The number of hydrogen-bond donors (Lipinski definition) is 0. The van der Waals surface area contributed by atoms with Crippen molar-refractivity contribution in [3.63, 3.8) is 0 Å². The molecule has 0 saturated carbocycles. The van der Waals surface area contributed by atoms with Crippen molar-refractivity contribution in [3.05, 3.63) is 0 Å². The molecule has 0 aromatic heterocycles. The SMILES string of the molecule is C#C[C@@H](COC(=O)C(C)(C)C)OC(C)(C)C. The largest absolute Gasteiger partial charge is 0.461 e. The summed E-state index contributed by atoms with van der Waals surface area (Å²) in [6.45, 7) is 11.2. The van der Waals surface area contributed by atoms with Crippen LogP contribution >= 0.6 is 0 Å². The zero-order valence-corrected chi connectivity index (χ0v) is 11.1. The normalized spacial score (nSPS) is 14.1. The highest BCUT2D eigenvalue weighted by molar-refractivity contribution is 5.75. The van der Waals surface area contributed by atoms with Crippen molar-refractivity contribution in [2.75, 3.05) is 6.61 Å². The molecule has 0 heterocycles. The molecule has 0 fully saturated rings. The summed E-state index contributed by atoms with van der Waals surface area (Å²) in [7, 11) is 0. The first kappa shape index (κ1) is 15.0. The molecule has 0 aromatic rings. The molecule has 3 nitrogen and oxygen atoms in total. The number of terminal acetylenes is 1. The molecule has 16 heavy (non-hydrogen) atoms. The molecule has 0 aromatic carbocycles. The minimum absolute atomic E-state index is 0.101. The fraction of sp³-hybridized carbons (Fsp3) is 0.769. The summed E-state index contributed by atoms with van der Waals surface area (Å²) in [5.41, 5.74) is -0.855. The summed E-state index contributed by atoms with van der Waals surface area (Å²) in [6, 6.07) is 0. The van der Waals surface area contributed by atoms with E-state index in [1.807, 2.05) is 20.8 Å². The van der Waals surface area contributed by atoms with E-state index in [2.05, 4.69) is 5.92 Å². The smallest absolute Gasteiger partial charge is 0.311 e. The molecule has 92 valence electrons. The average molecular weight is 226 g/mol. The lowest BCUT2D eigenvalue weighted by molar-refractivity contribution is -0.158. The molecule has 0 bridgehead atoms. The molecule has 0 amide bonds. The molecule has 0 spiro atoms. The topological polar surface area (TPSA) is 35.5 Å². The van der Waals surface area contributed by atoms with Gasteiger partial charge in [0.05, 0.1) is 11.0 Å². The van der Waals surface area contributed by atoms with Crippen molar-refractivity contribution in [2.45, 2.75) is 53.2 Å². The molecular formula is C13H22O3. The lowest BCUT2D eigenvalue weighted by Crippen LogP contribution is -2.32. The van der Waals surface area contributed by atoms with E-state index in [4.69, 9.17) is 15.9 Å².